The van der Waals surface area contributed by atoms with Crippen molar-refractivity contribution in [1.82, 2.24) is 9.97 Å². The number of ether oxygens (including phenoxy) is 1. The standard InChI is InChI=1S/C15H17N3O2/c1-20-13-4-2-3-11(7-13)14-8-12(19)10-18(14)15-9-16-5-6-17-15/h2-7,9,12,14,19H,8,10H2,1H3/t12-,14+/m1/s1. The summed E-state index contributed by atoms with van der Waals surface area (Å²) in [7, 11) is 1.66. The Bertz CT molecular complexity index is 576. The van der Waals surface area contributed by atoms with E-state index in [4.69, 9.17) is 4.74 Å². The highest BCUT2D eigenvalue weighted by molar-refractivity contribution is 5.44. The van der Waals surface area contributed by atoms with E-state index in [1.54, 1.807) is 25.7 Å². The van der Waals surface area contributed by atoms with Crippen molar-refractivity contribution in [2.45, 2.75) is 18.6 Å². The van der Waals surface area contributed by atoms with Gasteiger partial charge in [0.05, 0.1) is 25.5 Å². The van der Waals surface area contributed by atoms with Crippen LogP contribution >= 0.6 is 0 Å². The summed E-state index contributed by atoms with van der Waals surface area (Å²) in [5.41, 5.74) is 1.12. The summed E-state index contributed by atoms with van der Waals surface area (Å²) in [6.07, 6.45) is 5.38. The van der Waals surface area contributed by atoms with Gasteiger partial charge in [-0.1, -0.05) is 12.1 Å². The molecule has 0 amide bonds. The number of β-amino-alcohol motifs (C(OH)–C–C–N with tert-alkyl or cyclic N) is 1. The SMILES string of the molecule is COc1cccc([C@@H]2C[C@@H](O)CN2c2cnccn2)c1. The van der Waals surface area contributed by atoms with Crippen LogP contribution in [0.1, 0.15) is 18.0 Å². The number of hydrogen-bond acceptors (Lipinski definition) is 5. The van der Waals surface area contributed by atoms with E-state index in [0.29, 0.717) is 13.0 Å². The molecule has 3 rings (SSSR count). The van der Waals surface area contributed by atoms with Crippen LogP contribution in [-0.4, -0.2) is 34.8 Å². The third-order valence-electron chi connectivity index (χ3n) is 3.60. The Hall–Kier alpha value is -2.14. The molecule has 1 fully saturated rings. The molecule has 0 saturated carbocycles. The molecular weight excluding hydrogens is 254 g/mol. The number of aliphatic hydroxyl groups is 1. The van der Waals surface area contributed by atoms with Crippen LogP contribution in [0.2, 0.25) is 0 Å². The molecule has 20 heavy (non-hydrogen) atoms. The Kier molecular flexibility index (Phi) is 3.52. The fraction of sp³-hybridized carbons (Fsp3) is 0.333. The molecule has 5 nitrogen and oxygen atoms in total. The average molecular weight is 271 g/mol. The van der Waals surface area contributed by atoms with E-state index in [9.17, 15) is 5.11 Å². The van der Waals surface area contributed by atoms with E-state index in [0.717, 1.165) is 17.1 Å². The number of hydrogen-bond donors (Lipinski definition) is 1. The van der Waals surface area contributed by atoms with Crippen LogP contribution < -0.4 is 9.64 Å². The molecule has 2 aromatic rings. The van der Waals surface area contributed by atoms with Crippen molar-refractivity contribution in [3.8, 4) is 5.75 Å². The van der Waals surface area contributed by atoms with Gasteiger partial charge in [-0.15, -0.1) is 0 Å². The first-order valence-corrected chi connectivity index (χ1v) is 6.62. The normalized spacial score (nSPS) is 22.0. The molecule has 0 unspecified atom stereocenters. The Morgan fingerprint density at radius 2 is 2.25 bits per heavy atom. The lowest BCUT2D eigenvalue weighted by Crippen LogP contribution is -2.25. The molecule has 1 aromatic heterocycles. The number of rotatable bonds is 3. The van der Waals surface area contributed by atoms with Crippen LogP contribution in [0.3, 0.4) is 0 Å². The lowest BCUT2D eigenvalue weighted by atomic mass is 10.0. The zero-order valence-electron chi connectivity index (χ0n) is 11.3. The predicted molar refractivity (Wildman–Crippen MR) is 75.7 cm³/mol. The largest absolute Gasteiger partial charge is 0.497 e. The van der Waals surface area contributed by atoms with Gasteiger partial charge in [-0.05, 0) is 24.1 Å². The van der Waals surface area contributed by atoms with Crippen LogP contribution in [0.4, 0.5) is 5.82 Å². The Labute approximate surface area is 117 Å². The lowest BCUT2D eigenvalue weighted by molar-refractivity contribution is 0.194. The Morgan fingerprint density at radius 3 is 3.00 bits per heavy atom. The molecule has 5 heteroatoms. The molecule has 1 aliphatic rings. The molecule has 2 heterocycles. The topological polar surface area (TPSA) is 58.5 Å². The first-order valence-electron chi connectivity index (χ1n) is 6.62. The molecule has 0 bridgehead atoms. The zero-order valence-corrected chi connectivity index (χ0v) is 11.3. The van der Waals surface area contributed by atoms with Crippen molar-refractivity contribution >= 4 is 5.82 Å². The first kappa shape index (κ1) is 12.9. The van der Waals surface area contributed by atoms with E-state index < -0.39 is 0 Å². The van der Waals surface area contributed by atoms with E-state index in [-0.39, 0.29) is 12.1 Å². The van der Waals surface area contributed by atoms with Gasteiger partial charge >= 0.3 is 0 Å². The average Bonchev–Trinajstić information content (AvgIpc) is 2.90. The van der Waals surface area contributed by atoms with Gasteiger partial charge in [0, 0.05) is 18.9 Å². The smallest absolute Gasteiger partial charge is 0.147 e. The molecule has 104 valence electrons. The lowest BCUT2D eigenvalue weighted by Gasteiger charge is -2.25. The molecule has 1 N–H and O–H groups in total. The maximum atomic E-state index is 10.00. The van der Waals surface area contributed by atoms with Crippen LogP contribution in [0.5, 0.6) is 5.75 Å². The van der Waals surface area contributed by atoms with Gasteiger partial charge in [0.15, 0.2) is 0 Å². The molecule has 0 aliphatic carbocycles. The summed E-state index contributed by atoms with van der Waals surface area (Å²) in [5.74, 6) is 1.61. The van der Waals surface area contributed by atoms with Gasteiger partial charge < -0.3 is 14.7 Å². The van der Waals surface area contributed by atoms with Crippen molar-refractivity contribution in [3.05, 3.63) is 48.4 Å². The number of anilines is 1. The van der Waals surface area contributed by atoms with Crippen molar-refractivity contribution in [2.75, 3.05) is 18.6 Å². The number of aliphatic hydroxyl groups excluding tert-OH is 1. The van der Waals surface area contributed by atoms with Crippen LogP contribution in [-0.2, 0) is 0 Å². The van der Waals surface area contributed by atoms with E-state index in [2.05, 4.69) is 20.9 Å². The molecule has 1 saturated heterocycles. The van der Waals surface area contributed by atoms with Crippen LogP contribution in [0, 0.1) is 0 Å². The summed E-state index contributed by atoms with van der Waals surface area (Å²) in [4.78, 5) is 10.5. The molecular formula is C15H17N3O2. The van der Waals surface area contributed by atoms with E-state index >= 15 is 0 Å². The fourth-order valence-corrected chi connectivity index (χ4v) is 2.67. The highest BCUT2D eigenvalue weighted by Gasteiger charge is 2.33. The van der Waals surface area contributed by atoms with Gasteiger partial charge in [-0.2, -0.15) is 0 Å². The summed E-state index contributed by atoms with van der Waals surface area (Å²) in [6.45, 7) is 0.570. The van der Waals surface area contributed by atoms with Gasteiger partial charge in [0.2, 0.25) is 0 Å². The molecule has 1 aromatic carbocycles. The van der Waals surface area contributed by atoms with Gasteiger partial charge in [-0.25, -0.2) is 4.98 Å². The maximum Gasteiger partial charge on any atom is 0.147 e. The second kappa shape index (κ2) is 5.46. The highest BCUT2D eigenvalue weighted by atomic mass is 16.5. The van der Waals surface area contributed by atoms with Gasteiger partial charge in [0.25, 0.3) is 0 Å². The molecule has 2 atom stereocenters. The molecule has 1 aliphatic heterocycles. The van der Waals surface area contributed by atoms with Crippen molar-refractivity contribution in [2.24, 2.45) is 0 Å². The van der Waals surface area contributed by atoms with Crippen LogP contribution in [0.25, 0.3) is 0 Å². The number of aromatic nitrogens is 2. The zero-order chi connectivity index (χ0) is 13.9. The number of benzene rings is 1. The van der Waals surface area contributed by atoms with Gasteiger partial charge in [-0.3, -0.25) is 4.98 Å². The summed E-state index contributed by atoms with van der Waals surface area (Å²) in [6, 6.07) is 8.03. The van der Waals surface area contributed by atoms with Crippen LogP contribution in [0.15, 0.2) is 42.9 Å². The second-order valence-electron chi connectivity index (χ2n) is 4.90. The maximum absolute atomic E-state index is 10.00. The summed E-state index contributed by atoms with van der Waals surface area (Å²) >= 11 is 0. The minimum Gasteiger partial charge on any atom is -0.497 e. The quantitative estimate of drug-likeness (QED) is 0.922. The first-order chi connectivity index (χ1) is 9.78. The van der Waals surface area contributed by atoms with Crippen molar-refractivity contribution in [3.63, 3.8) is 0 Å². The molecule has 0 radical (unpaired) electrons. The predicted octanol–water partition coefficient (Wildman–Crippen LogP) is 1.80. The fourth-order valence-electron chi connectivity index (χ4n) is 2.67. The summed E-state index contributed by atoms with van der Waals surface area (Å²) < 4.78 is 5.27. The molecule has 0 spiro atoms. The van der Waals surface area contributed by atoms with E-state index in [1.807, 2.05) is 18.2 Å². The minimum absolute atomic E-state index is 0.0943. The van der Waals surface area contributed by atoms with Crippen molar-refractivity contribution in [1.29, 1.82) is 0 Å². The second-order valence-corrected chi connectivity index (χ2v) is 4.90. The van der Waals surface area contributed by atoms with Gasteiger partial charge in [0.1, 0.15) is 11.6 Å². The Morgan fingerprint density at radius 1 is 1.35 bits per heavy atom. The number of methoxy groups -OCH3 is 1. The van der Waals surface area contributed by atoms with E-state index in [1.165, 1.54) is 0 Å². The third kappa shape index (κ3) is 2.44. The Balaban J connectivity index is 1.94. The third-order valence-corrected chi connectivity index (χ3v) is 3.60. The minimum atomic E-state index is -0.354. The number of nitrogens with zero attached hydrogens (tertiary/aromatic N) is 3. The van der Waals surface area contributed by atoms with Crippen molar-refractivity contribution < 1.29 is 9.84 Å². The summed E-state index contributed by atoms with van der Waals surface area (Å²) in [5, 5.41) is 10.00. The highest BCUT2D eigenvalue weighted by Crippen LogP contribution is 2.36. The monoisotopic (exact) mass is 271 g/mol.